The SMILES string of the molecule is CCOC(=O)c1cnn(-c2ccc(C(=O)NCC(O)c3ccco3)cc2)c1C(F)(F)F. The van der Waals surface area contributed by atoms with Crippen molar-refractivity contribution in [1.82, 2.24) is 15.1 Å². The Morgan fingerprint density at radius 3 is 2.55 bits per heavy atom. The van der Waals surface area contributed by atoms with E-state index in [1.54, 1.807) is 12.1 Å². The number of carbonyl (C=O) groups is 2. The van der Waals surface area contributed by atoms with Gasteiger partial charge in [0.15, 0.2) is 5.69 Å². The number of carbonyl (C=O) groups excluding carboxylic acids is 2. The summed E-state index contributed by atoms with van der Waals surface area (Å²) in [4.78, 5) is 24.1. The molecule has 0 spiro atoms. The highest BCUT2D eigenvalue weighted by Gasteiger charge is 2.41. The standard InChI is InChI=1S/C20H18F3N3O5/c1-2-30-19(29)14-10-25-26(17(14)20(21,22)23)13-7-5-12(6-8-13)18(28)24-11-15(27)16-4-3-9-31-16/h3-10,15,27H,2,11H2,1H3,(H,24,28). The number of aliphatic hydroxyl groups is 1. The van der Waals surface area contributed by atoms with Gasteiger partial charge in [0.1, 0.15) is 17.4 Å². The van der Waals surface area contributed by atoms with Crippen LogP contribution in [0.2, 0.25) is 0 Å². The molecule has 0 saturated carbocycles. The van der Waals surface area contributed by atoms with Crippen LogP contribution in [-0.4, -0.2) is 39.9 Å². The number of esters is 1. The van der Waals surface area contributed by atoms with Crippen LogP contribution in [0.1, 0.15) is 45.2 Å². The van der Waals surface area contributed by atoms with Crippen LogP contribution in [0.3, 0.4) is 0 Å². The van der Waals surface area contributed by atoms with Crippen molar-refractivity contribution in [3.05, 3.63) is 71.4 Å². The van der Waals surface area contributed by atoms with Crippen LogP contribution in [-0.2, 0) is 10.9 Å². The van der Waals surface area contributed by atoms with Crippen molar-refractivity contribution < 1.29 is 37.0 Å². The van der Waals surface area contributed by atoms with Crippen LogP contribution >= 0.6 is 0 Å². The van der Waals surface area contributed by atoms with Gasteiger partial charge in [0, 0.05) is 5.56 Å². The van der Waals surface area contributed by atoms with Gasteiger partial charge >= 0.3 is 12.1 Å². The number of amides is 1. The predicted octanol–water partition coefficient (Wildman–Crippen LogP) is 3.12. The molecule has 0 fully saturated rings. The number of alkyl halides is 3. The predicted molar refractivity (Wildman–Crippen MR) is 101 cm³/mol. The summed E-state index contributed by atoms with van der Waals surface area (Å²) in [6.45, 7) is 1.28. The molecule has 0 radical (unpaired) electrons. The number of aromatic nitrogens is 2. The van der Waals surface area contributed by atoms with Gasteiger partial charge in [-0.15, -0.1) is 0 Å². The van der Waals surface area contributed by atoms with E-state index in [9.17, 15) is 27.9 Å². The van der Waals surface area contributed by atoms with Crippen LogP contribution in [0.25, 0.3) is 5.69 Å². The van der Waals surface area contributed by atoms with Crippen molar-refractivity contribution >= 4 is 11.9 Å². The Morgan fingerprint density at radius 1 is 1.26 bits per heavy atom. The highest BCUT2D eigenvalue weighted by atomic mass is 19.4. The Bertz CT molecular complexity index is 1040. The van der Waals surface area contributed by atoms with E-state index in [0.717, 1.165) is 6.20 Å². The fourth-order valence-electron chi connectivity index (χ4n) is 2.80. The van der Waals surface area contributed by atoms with Crippen molar-refractivity contribution in [1.29, 1.82) is 0 Å². The summed E-state index contributed by atoms with van der Waals surface area (Å²) in [5.74, 6) is -1.39. The third-order valence-corrected chi connectivity index (χ3v) is 4.23. The summed E-state index contributed by atoms with van der Waals surface area (Å²) in [7, 11) is 0. The molecule has 3 aromatic rings. The van der Waals surface area contributed by atoms with Gasteiger partial charge in [-0.05, 0) is 43.3 Å². The minimum Gasteiger partial charge on any atom is -0.467 e. The first-order chi connectivity index (χ1) is 14.7. The third kappa shape index (κ3) is 4.94. The van der Waals surface area contributed by atoms with E-state index in [1.165, 1.54) is 37.5 Å². The molecule has 0 bridgehead atoms. The van der Waals surface area contributed by atoms with Gasteiger partial charge in [-0.2, -0.15) is 18.3 Å². The number of rotatable bonds is 7. The lowest BCUT2D eigenvalue weighted by atomic mass is 10.1. The molecule has 1 unspecified atom stereocenters. The second-order valence-corrected chi connectivity index (χ2v) is 6.33. The molecule has 2 N–H and O–H groups in total. The van der Waals surface area contributed by atoms with E-state index in [0.29, 0.717) is 4.68 Å². The van der Waals surface area contributed by atoms with Crippen LogP contribution in [0.4, 0.5) is 13.2 Å². The number of benzene rings is 1. The van der Waals surface area contributed by atoms with Crippen LogP contribution in [0.15, 0.2) is 53.3 Å². The number of ether oxygens (including phenoxy) is 1. The molecule has 2 heterocycles. The first kappa shape index (κ1) is 22.1. The summed E-state index contributed by atoms with van der Waals surface area (Å²) in [5, 5.41) is 16.1. The zero-order valence-corrected chi connectivity index (χ0v) is 16.2. The molecule has 11 heteroatoms. The van der Waals surface area contributed by atoms with E-state index >= 15 is 0 Å². The fraction of sp³-hybridized carbons (Fsp3) is 0.250. The normalized spacial score (nSPS) is 12.4. The van der Waals surface area contributed by atoms with E-state index in [-0.39, 0.29) is 30.2 Å². The number of hydrogen-bond donors (Lipinski definition) is 2. The monoisotopic (exact) mass is 437 g/mol. The smallest absolute Gasteiger partial charge is 0.434 e. The van der Waals surface area contributed by atoms with Gasteiger partial charge in [-0.1, -0.05) is 0 Å². The highest BCUT2D eigenvalue weighted by molar-refractivity contribution is 5.94. The molecular formula is C20H18F3N3O5. The Kier molecular flexibility index (Phi) is 6.44. The summed E-state index contributed by atoms with van der Waals surface area (Å²) in [6, 6.07) is 8.27. The second-order valence-electron chi connectivity index (χ2n) is 6.33. The molecule has 1 atom stereocenters. The Labute approximate surface area is 174 Å². The van der Waals surface area contributed by atoms with Crippen molar-refractivity contribution in [2.45, 2.75) is 19.2 Å². The van der Waals surface area contributed by atoms with Crippen molar-refractivity contribution in [2.24, 2.45) is 0 Å². The maximum absolute atomic E-state index is 13.6. The number of aliphatic hydroxyl groups excluding tert-OH is 1. The van der Waals surface area contributed by atoms with Gasteiger partial charge < -0.3 is 19.6 Å². The van der Waals surface area contributed by atoms with E-state index < -0.39 is 35.4 Å². The first-order valence-corrected chi connectivity index (χ1v) is 9.14. The number of hydrogen-bond acceptors (Lipinski definition) is 6. The van der Waals surface area contributed by atoms with Gasteiger partial charge in [0.25, 0.3) is 5.91 Å². The molecule has 31 heavy (non-hydrogen) atoms. The maximum atomic E-state index is 13.6. The van der Waals surface area contributed by atoms with Gasteiger partial charge in [0.05, 0.1) is 31.3 Å². The zero-order chi connectivity index (χ0) is 22.6. The number of nitrogens with one attached hydrogen (secondary N) is 1. The molecule has 0 aliphatic heterocycles. The third-order valence-electron chi connectivity index (χ3n) is 4.23. The molecule has 164 valence electrons. The fourth-order valence-corrected chi connectivity index (χ4v) is 2.80. The molecule has 8 nitrogen and oxygen atoms in total. The molecule has 1 aromatic carbocycles. The average molecular weight is 437 g/mol. The Hall–Kier alpha value is -3.60. The van der Waals surface area contributed by atoms with Gasteiger partial charge in [-0.25, -0.2) is 9.48 Å². The number of nitrogens with zero attached hydrogens (tertiary/aromatic N) is 2. The molecule has 1 amide bonds. The van der Waals surface area contributed by atoms with Crippen LogP contribution in [0.5, 0.6) is 0 Å². The lowest BCUT2D eigenvalue weighted by molar-refractivity contribution is -0.143. The molecule has 0 aliphatic carbocycles. The average Bonchev–Trinajstić information content (AvgIpc) is 3.42. The highest BCUT2D eigenvalue weighted by Crippen LogP contribution is 2.34. The number of furan rings is 1. The van der Waals surface area contributed by atoms with Crippen LogP contribution < -0.4 is 5.32 Å². The molecule has 0 aliphatic rings. The molecule has 3 rings (SSSR count). The van der Waals surface area contributed by atoms with Gasteiger partial charge in [-0.3, -0.25) is 4.79 Å². The van der Waals surface area contributed by atoms with E-state index in [1.807, 2.05) is 0 Å². The Morgan fingerprint density at radius 2 is 1.97 bits per heavy atom. The van der Waals surface area contributed by atoms with Crippen molar-refractivity contribution in [3.63, 3.8) is 0 Å². The zero-order valence-electron chi connectivity index (χ0n) is 16.2. The molecule has 2 aromatic heterocycles. The van der Waals surface area contributed by atoms with E-state index in [4.69, 9.17) is 4.42 Å². The summed E-state index contributed by atoms with van der Waals surface area (Å²) in [6.07, 6.45) is -3.73. The summed E-state index contributed by atoms with van der Waals surface area (Å²) < 4.78 is 51.0. The largest absolute Gasteiger partial charge is 0.467 e. The van der Waals surface area contributed by atoms with Crippen molar-refractivity contribution in [2.75, 3.05) is 13.2 Å². The second kappa shape index (κ2) is 9.04. The first-order valence-electron chi connectivity index (χ1n) is 9.14. The summed E-state index contributed by atoms with van der Waals surface area (Å²) >= 11 is 0. The minimum atomic E-state index is -4.86. The Balaban J connectivity index is 1.78. The quantitative estimate of drug-likeness (QED) is 0.550. The van der Waals surface area contributed by atoms with Crippen LogP contribution in [0, 0.1) is 0 Å². The lowest BCUT2D eigenvalue weighted by Crippen LogP contribution is -2.28. The summed E-state index contributed by atoms with van der Waals surface area (Å²) in [5.41, 5.74) is -1.83. The van der Waals surface area contributed by atoms with Crippen molar-refractivity contribution in [3.8, 4) is 5.69 Å². The topological polar surface area (TPSA) is 107 Å². The maximum Gasteiger partial charge on any atom is 0.434 e. The van der Waals surface area contributed by atoms with Gasteiger partial charge in [0.2, 0.25) is 0 Å². The lowest BCUT2D eigenvalue weighted by Gasteiger charge is -2.13. The van der Waals surface area contributed by atoms with E-state index in [2.05, 4.69) is 15.2 Å². The molecular weight excluding hydrogens is 419 g/mol. The molecule has 0 saturated heterocycles. The minimum absolute atomic E-state index is 0.00459. The number of halogens is 3.